The van der Waals surface area contributed by atoms with Crippen molar-refractivity contribution in [3.8, 4) is 11.5 Å². The minimum atomic E-state index is -0.309. The monoisotopic (exact) mass is 380 g/mol. The second-order valence-corrected chi connectivity index (χ2v) is 5.78. The lowest BCUT2D eigenvalue weighted by Crippen LogP contribution is -2.24. The molecule has 0 fully saturated rings. The first-order valence-electron chi connectivity index (χ1n) is 6.80. The normalized spacial score (nSPS) is 11.0. The number of rotatable bonds is 5. The van der Waals surface area contributed by atoms with Crippen LogP contribution in [0.2, 0.25) is 0 Å². The Morgan fingerprint density at radius 1 is 1.48 bits per heavy atom. The number of carbonyl (C=O) groups is 1. The van der Waals surface area contributed by atoms with Crippen LogP contribution >= 0.6 is 15.9 Å². The van der Waals surface area contributed by atoms with Crippen molar-refractivity contribution < 1.29 is 14.6 Å². The molecule has 0 atom stereocenters. The van der Waals surface area contributed by atoms with Crippen LogP contribution in [0.15, 0.2) is 27.8 Å². The topological polar surface area (TPSA) is 88.7 Å². The van der Waals surface area contributed by atoms with Crippen LogP contribution in [-0.4, -0.2) is 34.1 Å². The number of hydrogen-bond acceptors (Lipinski definition) is 5. The van der Waals surface area contributed by atoms with E-state index in [-0.39, 0.29) is 18.2 Å². The van der Waals surface area contributed by atoms with Crippen LogP contribution in [0.4, 0.5) is 0 Å². The molecule has 1 aromatic carbocycles. The third-order valence-electron chi connectivity index (χ3n) is 3.09. The maximum Gasteiger partial charge on any atom is 0.261 e. The molecule has 0 saturated carbocycles. The Labute approximate surface area is 142 Å². The van der Waals surface area contributed by atoms with Crippen LogP contribution in [0.25, 0.3) is 0 Å². The number of aromatic nitrogens is 2. The number of carbonyl (C=O) groups excluding carboxylic acids is 1. The second kappa shape index (κ2) is 7.28. The van der Waals surface area contributed by atoms with E-state index in [2.05, 4.69) is 31.6 Å². The summed E-state index contributed by atoms with van der Waals surface area (Å²) in [5.74, 6) is 0.267. The minimum absolute atomic E-state index is 0.0224. The average molecular weight is 381 g/mol. The molecule has 2 rings (SSSR count). The molecule has 0 aliphatic rings. The number of hydrazone groups is 1. The molecule has 0 aliphatic carbocycles. The van der Waals surface area contributed by atoms with Crippen molar-refractivity contribution in [3.05, 3.63) is 39.6 Å². The lowest BCUT2D eigenvalue weighted by Gasteiger charge is -2.06. The molecule has 1 aromatic heterocycles. The Kier molecular flexibility index (Phi) is 5.38. The van der Waals surface area contributed by atoms with Gasteiger partial charge < -0.3 is 9.84 Å². The molecule has 0 saturated heterocycles. The van der Waals surface area contributed by atoms with Crippen LogP contribution < -0.4 is 10.2 Å². The quantitative estimate of drug-likeness (QED) is 0.614. The summed E-state index contributed by atoms with van der Waals surface area (Å²) in [6, 6.07) is 5.00. The number of nitrogens with zero attached hydrogens (tertiary/aromatic N) is 3. The fourth-order valence-corrected chi connectivity index (χ4v) is 2.49. The molecular weight excluding hydrogens is 364 g/mol. The summed E-state index contributed by atoms with van der Waals surface area (Å²) in [5, 5.41) is 17.9. The minimum Gasteiger partial charge on any atom is -0.507 e. The molecule has 2 N–H and O–H groups in total. The Bertz CT molecular complexity index is 755. The summed E-state index contributed by atoms with van der Waals surface area (Å²) in [5.41, 5.74) is 4.58. The number of halogens is 1. The molecule has 2 aromatic rings. The Morgan fingerprint density at radius 3 is 2.83 bits per heavy atom. The van der Waals surface area contributed by atoms with E-state index in [0.717, 1.165) is 11.4 Å². The molecule has 0 unspecified atom stereocenters. The molecule has 1 heterocycles. The van der Waals surface area contributed by atoms with Gasteiger partial charge in [-0.15, -0.1) is 0 Å². The van der Waals surface area contributed by atoms with Gasteiger partial charge in [0.05, 0.1) is 23.5 Å². The van der Waals surface area contributed by atoms with Crippen LogP contribution in [0.5, 0.6) is 11.5 Å². The molecule has 8 heteroatoms. The number of aromatic hydroxyl groups is 1. The Morgan fingerprint density at radius 2 is 2.22 bits per heavy atom. The van der Waals surface area contributed by atoms with Gasteiger partial charge in [0.15, 0.2) is 0 Å². The highest BCUT2D eigenvalue weighted by molar-refractivity contribution is 9.10. The van der Waals surface area contributed by atoms with Gasteiger partial charge in [0, 0.05) is 11.3 Å². The van der Waals surface area contributed by atoms with Crippen LogP contribution in [0, 0.1) is 13.8 Å². The zero-order chi connectivity index (χ0) is 17.0. The number of methoxy groups -OCH3 is 1. The van der Waals surface area contributed by atoms with Crippen LogP contribution in [0.3, 0.4) is 0 Å². The molecule has 1 amide bonds. The number of benzene rings is 1. The SMILES string of the molecule is COc1cc(C=NNC(=O)Cn2nc(C)cc2C)c(O)cc1Br. The van der Waals surface area contributed by atoms with Gasteiger partial charge >= 0.3 is 0 Å². The van der Waals surface area contributed by atoms with Gasteiger partial charge in [-0.05, 0) is 48.0 Å². The average Bonchev–Trinajstić information content (AvgIpc) is 2.79. The number of nitrogens with one attached hydrogen (secondary N) is 1. The van der Waals surface area contributed by atoms with Crippen molar-refractivity contribution in [1.29, 1.82) is 0 Å². The van der Waals surface area contributed by atoms with Gasteiger partial charge in [0.25, 0.3) is 5.91 Å². The Balaban J connectivity index is 2.01. The molecule has 23 heavy (non-hydrogen) atoms. The molecule has 122 valence electrons. The van der Waals surface area contributed by atoms with Crippen molar-refractivity contribution in [1.82, 2.24) is 15.2 Å². The highest BCUT2D eigenvalue weighted by atomic mass is 79.9. The fourth-order valence-electron chi connectivity index (χ4n) is 2.00. The third-order valence-corrected chi connectivity index (χ3v) is 3.71. The summed E-state index contributed by atoms with van der Waals surface area (Å²) in [4.78, 5) is 11.8. The number of amides is 1. The first kappa shape index (κ1) is 17.0. The van der Waals surface area contributed by atoms with Gasteiger partial charge in [-0.2, -0.15) is 10.2 Å². The summed E-state index contributed by atoms with van der Waals surface area (Å²) < 4.78 is 7.37. The van der Waals surface area contributed by atoms with E-state index in [1.807, 2.05) is 19.9 Å². The van der Waals surface area contributed by atoms with Gasteiger partial charge in [0.1, 0.15) is 18.0 Å². The summed E-state index contributed by atoms with van der Waals surface area (Å²) in [7, 11) is 1.52. The summed E-state index contributed by atoms with van der Waals surface area (Å²) in [6.45, 7) is 3.82. The van der Waals surface area contributed by atoms with Crippen LogP contribution in [0.1, 0.15) is 17.0 Å². The number of aryl methyl sites for hydroxylation is 2. The van der Waals surface area contributed by atoms with Gasteiger partial charge in [-0.3, -0.25) is 9.48 Å². The predicted molar refractivity (Wildman–Crippen MR) is 89.8 cm³/mol. The van der Waals surface area contributed by atoms with Crippen molar-refractivity contribution in [2.45, 2.75) is 20.4 Å². The van der Waals surface area contributed by atoms with E-state index in [1.54, 1.807) is 10.7 Å². The highest BCUT2D eigenvalue weighted by Crippen LogP contribution is 2.31. The van der Waals surface area contributed by atoms with Crippen molar-refractivity contribution in [3.63, 3.8) is 0 Å². The van der Waals surface area contributed by atoms with Crippen molar-refractivity contribution in [2.75, 3.05) is 7.11 Å². The van der Waals surface area contributed by atoms with Crippen molar-refractivity contribution >= 4 is 28.1 Å². The smallest absolute Gasteiger partial charge is 0.261 e. The standard InChI is InChI=1S/C15H17BrN4O3/c1-9-4-10(2)20(19-9)8-15(22)18-17-7-11-5-14(23-3)12(16)6-13(11)21/h4-7,21H,8H2,1-3H3,(H,18,22). The lowest BCUT2D eigenvalue weighted by molar-refractivity contribution is -0.121. The van der Waals surface area contributed by atoms with Gasteiger partial charge in [0.2, 0.25) is 0 Å². The van der Waals surface area contributed by atoms with Crippen molar-refractivity contribution in [2.24, 2.45) is 5.10 Å². The molecule has 7 nitrogen and oxygen atoms in total. The highest BCUT2D eigenvalue weighted by Gasteiger charge is 2.08. The van der Waals surface area contributed by atoms with E-state index in [1.165, 1.54) is 19.4 Å². The molecule has 0 bridgehead atoms. The van der Waals surface area contributed by atoms with E-state index in [9.17, 15) is 9.90 Å². The second-order valence-electron chi connectivity index (χ2n) is 4.92. The molecular formula is C15H17BrN4O3. The maximum absolute atomic E-state index is 11.8. The number of phenols is 1. The van der Waals surface area contributed by atoms with E-state index in [0.29, 0.717) is 15.8 Å². The number of ether oxygens (including phenoxy) is 1. The number of phenolic OH excluding ortho intramolecular Hbond substituents is 1. The predicted octanol–water partition coefficient (Wildman–Crippen LogP) is 2.13. The molecule has 0 spiro atoms. The first-order valence-corrected chi connectivity index (χ1v) is 7.59. The number of hydrogen-bond donors (Lipinski definition) is 2. The van der Waals surface area contributed by atoms with E-state index in [4.69, 9.17) is 4.74 Å². The van der Waals surface area contributed by atoms with Gasteiger partial charge in [-0.25, -0.2) is 5.43 Å². The summed E-state index contributed by atoms with van der Waals surface area (Å²) >= 11 is 3.27. The summed E-state index contributed by atoms with van der Waals surface area (Å²) in [6.07, 6.45) is 1.35. The largest absolute Gasteiger partial charge is 0.507 e. The molecule has 0 radical (unpaired) electrons. The van der Waals surface area contributed by atoms with Crippen LogP contribution in [-0.2, 0) is 11.3 Å². The maximum atomic E-state index is 11.8. The zero-order valence-corrected chi connectivity index (χ0v) is 14.6. The van der Waals surface area contributed by atoms with E-state index < -0.39 is 0 Å². The lowest BCUT2D eigenvalue weighted by atomic mass is 10.2. The third kappa shape index (κ3) is 4.32. The molecule has 0 aliphatic heterocycles. The van der Waals surface area contributed by atoms with Gasteiger partial charge in [-0.1, -0.05) is 0 Å². The zero-order valence-electron chi connectivity index (χ0n) is 13.0. The fraction of sp³-hybridized carbons (Fsp3) is 0.267. The van der Waals surface area contributed by atoms with E-state index >= 15 is 0 Å². The first-order chi connectivity index (χ1) is 10.9. The Hall–Kier alpha value is -2.35.